The standard InChI is InChI=1S/C11H13N5O2/c12-10-9-11(14-4-13-10)16(5-15-9)2-6-1-7(6)8(18)3-17/h2,4-5,7-8,17-18H,1,3H2,(H2,12,13,14)/b6-2-/t7?,8-/m1/s1. The van der Waals surface area contributed by atoms with Gasteiger partial charge < -0.3 is 15.9 Å². The van der Waals surface area contributed by atoms with Crippen LogP contribution in [-0.2, 0) is 0 Å². The summed E-state index contributed by atoms with van der Waals surface area (Å²) >= 11 is 0. The molecule has 1 saturated carbocycles. The van der Waals surface area contributed by atoms with Crippen LogP contribution in [0, 0.1) is 5.92 Å². The fourth-order valence-corrected chi connectivity index (χ4v) is 2.00. The first-order valence-corrected chi connectivity index (χ1v) is 5.63. The molecule has 0 radical (unpaired) electrons. The van der Waals surface area contributed by atoms with E-state index in [-0.39, 0.29) is 12.5 Å². The number of fused-ring (bicyclic) bond motifs is 1. The smallest absolute Gasteiger partial charge is 0.169 e. The van der Waals surface area contributed by atoms with Gasteiger partial charge in [0.25, 0.3) is 0 Å². The number of nitrogens with two attached hydrogens (primary N) is 1. The van der Waals surface area contributed by atoms with Crippen molar-refractivity contribution in [3.8, 4) is 0 Å². The van der Waals surface area contributed by atoms with Crippen LogP contribution in [0.4, 0.5) is 5.82 Å². The van der Waals surface area contributed by atoms with E-state index in [0.717, 1.165) is 12.0 Å². The van der Waals surface area contributed by atoms with Crippen LogP contribution < -0.4 is 5.73 Å². The number of hydrogen-bond donors (Lipinski definition) is 3. The Morgan fingerprint density at radius 1 is 1.50 bits per heavy atom. The third kappa shape index (κ3) is 1.73. The van der Waals surface area contributed by atoms with E-state index < -0.39 is 6.10 Å². The minimum absolute atomic E-state index is 0.0339. The van der Waals surface area contributed by atoms with Crippen molar-refractivity contribution in [2.24, 2.45) is 5.92 Å². The van der Waals surface area contributed by atoms with Crippen molar-refractivity contribution in [2.45, 2.75) is 12.5 Å². The molecule has 7 heteroatoms. The maximum absolute atomic E-state index is 9.49. The molecule has 4 N–H and O–H groups in total. The van der Waals surface area contributed by atoms with E-state index in [1.54, 1.807) is 10.9 Å². The van der Waals surface area contributed by atoms with Gasteiger partial charge in [0.1, 0.15) is 12.7 Å². The third-order valence-electron chi connectivity index (χ3n) is 3.12. The molecule has 1 aliphatic carbocycles. The molecular weight excluding hydrogens is 234 g/mol. The molecular formula is C11H13N5O2. The summed E-state index contributed by atoms with van der Waals surface area (Å²) in [7, 11) is 0. The van der Waals surface area contributed by atoms with Crippen molar-refractivity contribution >= 4 is 23.2 Å². The van der Waals surface area contributed by atoms with E-state index in [0.29, 0.717) is 17.0 Å². The highest BCUT2D eigenvalue weighted by atomic mass is 16.3. The molecule has 2 aromatic heterocycles. The van der Waals surface area contributed by atoms with Gasteiger partial charge in [0.15, 0.2) is 17.0 Å². The van der Waals surface area contributed by atoms with Gasteiger partial charge in [0.05, 0.1) is 12.7 Å². The van der Waals surface area contributed by atoms with Gasteiger partial charge in [-0.25, -0.2) is 15.0 Å². The average molecular weight is 247 g/mol. The summed E-state index contributed by atoms with van der Waals surface area (Å²) in [5.74, 6) is 0.381. The van der Waals surface area contributed by atoms with Crippen LogP contribution >= 0.6 is 0 Å². The van der Waals surface area contributed by atoms with E-state index in [9.17, 15) is 5.11 Å². The highest BCUT2D eigenvalue weighted by Crippen LogP contribution is 2.41. The fraction of sp³-hybridized carbons (Fsp3) is 0.364. The number of aromatic nitrogens is 4. The Morgan fingerprint density at radius 2 is 2.33 bits per heavy atom. The summed E-state index contributed by atoms with van der Waals surface area (Å²) in [5.41, 5.74) is 7.96. The molecule has 7 nitrogen and oxygen atoms in total. The largest absolute Gasteiger partial charge is 0.394 e. The van der Waals surface area contributed by atoms with Gasteiger partial charge in [-0.3, -0.25) is 4.57 Å². The van der Waals surface area contributed by atoms with Gasteiger partial charge in [-0.15, -0.1) is 0 Å². The number of aliphatic hydroxyl groups excluding tert-OH is 2. The van der Waals surface area contributed by atoms with Gasteiger partial charge >= 0.3 is 0 Å². The summed E-state index contributed by atoms with van der Waals surface area (Å²) in [6, 6.07) is 0. The highest BCUT2D eigenvalue weighted by Gasteiger charge is 2.36. The van der Waals surface area contributed by atoms with Crippen LogP contribution in [0.3, 0.4) is 0 Å². The Morgan fingerprint density at radius 3 is 3.11 bits per heavy atom. The maximum Gasteiger partial charge on any atom is 0.169 e. The Balaban J connectivity index is 1.93. The SMILES string of the molecule is Nc1ncnc2c1ncn2/C=C1/CC1[C@H](O)CO. The molecule has 1 fully saturated rings. The predicted molar refractivity (Wildman–Crippen MR) is 65.2 cm³/mol. The van der Waals surface area contributed by atoms with Crippen molar-refractivity contribution in [1.82, 2.24) is 19.5 Å². The lowest BCUT2D eigenvalue weighted by Gasteiger charge is -2.01. The van der Waals surface area contributed by atoms with Crippen molar-refractivity contribution in [3.05, 3.63) is 18.2 Å². The average Bonchev–Trinajstić information content (AvgIpc) is 3.02. The summed E-state index contributed by atoms with van der Waals surface area (Å²) < 4.78 is 1.76. The molecule has 94 valence electrons. The maximum atomic E-state index is 9.49. The molecule has 0 aromatic carbocycles. The molecule has 1 unspecified atom stereocenters. The van der Waals surface area contributed by atoms with Crippen LogP contribution in [0.5, 0.6) is 0 Å². The van der Waals surface area contributed by atoms with Crippen LogP contribution in [0.15, 0.2) is 18.2 Å². The quantitative estimate of drug-likeness (QED) is 0.682. The first-order chi connectivity index (χ1) is 8.70. The molecule has 0 aliphatic heterocycles. The lowest BCUT2D eigenvalue weighted by Crippen LogP contribution is -2.14. The Bertz CT molecular complexity index is 621. The zero-order valence-electron chi connectivity index (χ0n) is 9.56. The second-order valence-corrected chi connectivity index (χ2v) is 4.35. The second kappa shape index (κ2) is 4.04. The number of hydrogen-bond acceptors (Lipinski definition) is 6. The minimum atomic E-state index is -0.689. The summed E-state index contributed by atoms with van der Waals surface area (Å²) in [4.78, 5) is 12.1. The normalized spacial score (nSPS) is 22.6. The van der Waals surface area contributed by atoms with Crippen LogP contribution in [0.2, 0.25) is 0 Å². The first-order valence-electron chi connectivity index (χ1n) is 5.63. The van der Waals surface area contributed by atoms with E-state index in [4.69, 9.17) is 10.8 Å². The molecule has 0 spiro atoms. The number of anilines is 1. The minimum Gasteiger partial charge on any atom is -0.394 e. The van der Waals surface area contributed by atoms with Crippen LogP contribution in [0.1, 0.15) is 6.42 Å². The Labute approximate surface area is 103 Å². The number of imidazole rings is 1. The molecule has 2 aromatic rings. The molecule has 0 saturated heterocycles. The summed E-state index contributed by atoms with van der Waals surface area (Å²) in [6.07, 6.45) is 4.96. The van der Waals surface area contributed by atoms with Crippen molar-refractivity contribution in [1.29, 1.82) is 0 Å². The lowest BCUT2D eigenvalue weighted by molar-refractivity contribution is 0.0815. The summed E-state index contributed by atoms with van der Waals surface area (Å²) in [6.45, 7) is -0.220. The highest BCUT2D eigenvalue weighted by molar-refractivity contribution is 5.82. The molecule has 1 aliphatic rings. The van der Waals surface area contributed by atoms with E-state index in [1.807, 2.05) is 6.20 Å². The molecule has 18 heavy (non-hydrogen) atoms. The Kier molecular flexibility index (Phi) is 2.49. The number of aliphatic hydroxyl groups is 2. The fourth-order valence-electron chi connectivity index (χ4n) is 2.00. The number of nitrogens with zero attached hydrogens (tertiary/aromatic N) is 4. The van der Waals surface area contributed by atoms with Gasteiger partial charge in [-0.05, 0) is 12.0 Å². The van der Waals surface area contributed by atoms with Gasteiger partial charge in [-0.1, -0.05) is 0 Å². The zero-order valence-corrected chi connectivity index (χ0v) is 9.56. The molecule has 2 heterocycles. The number of rotatable bonds is 3. The van der Waals surface area contributed by atoms with Crippen LogP contribution in [-0.4, -0.2) is 42.4 Å². The van der Waals surface area contributed by atoms with Crippen molar-refractivity contribution < 1.29 is 10.2 Å². The molecule has 2 atom stereocenters. The molecule has 0 amide bonds. The van der Waals surface area contributed by atoms with E-state index >= 15 is 0 Å². The van der Waals surface area contributed by atoms with Crippen molar-refractivity contribution in [2.75, 3.05) is 12.3 Å². The van der Waals surface area contributed by atoms with E-state index in [1.165, 1.54) is 6.33 Å². The molecule has 3 rings (SSSR count). The monoisotopic (exact) mass is 247 g/mol. The predicted octanol–water partition coefficient (Wildman–Crippen LogP) is -0.378. The van der Waals surface area contributed by atoms with Gasteiger partial charge in [0.2, 0.25) is 0 Å². The second-order valence-electron chi connectivity index (χ2n) is 4.35. The van der Waals surface area contributed by atoms with E-state index in [2.05, 4.69) is 15.0 Å². The van der Waals surface area contributed by atoms with Crippen LogP contribution in [0.25, 0.3) is 17.4 Å². The van der Waals surface area contributed by atoms with Crippen molar-refractivity contribution in [3.63, 3.8) is 0 Å². The Hall–Kier alpha value is -1.99. The zero-order chi connectivity index (χ0) is 12.7. The topological polar surface area (TPSA) is 110 Å². The lowest BCUT2D eigenvalue weighted by atomic mass is 10.2. The number of nitrogen functional groups attached to an aromatic ring is 1. The molecule has 0 bridgehead atoms. The first kappa shape index (κ1) is 11.1. The van der Waals surface area contributed by atoms with Gasteiger partial charge in [0, 0.05) is 12.1 Å². The van der Waals surface area contributed by atoms with Gasteiger partial charge in [-0.2, -0.15) is 0 Å². The summed E-state index contributed by atoms with van der Waals surface area (Å²) in [5, 5.41) is 18.4. The third-order valence-corrected chi connectivity index (χ3v) is 3.12.